The van der Waals surface area contributed by atoms with Gasteiger partial charge in [0.15, 0.2) is 5.79 Å². The summed E-state index contributed by atoms with van der Waals surface area (Å²) >= 11 is 1.47. The summed E-state index contributed by atoms with van der Waals surface area (Å²) in [5.74, 6) is -0.224. The SMILES string of the molecule is CC(C)C(SCC1COC2(CCCC2)O1)C(=O)O. The quantitative estimate of drug-likeness (QED) is 0.835. The van der Waals surface area contributed by atoms with Crippen molar-refractivity contribution in [2.75, 3.05) is 12.4 Å². The third-order valence-electron chi connectivity index (χ3n) is 3.59. The molecule has 5 heteroatoms. The third-order valence-corrected chi connectivity index (χ3v) is 5.26. The predicted molar refractivity (Wildman–Crippen MR) is 70.7 cm³/mol. The molecule has 0 aromatic carbocycles. The second-order valence-corrected chi connectivity index (χ2v) is 6.68. The highest BCUT2D eigenvalue weighted by Gasteiger charge is 2.43. The van der Waals surface area contributed by atoms with Crippen LogP contribution in [0.2, 0.25) is 0 Å². The van der Waals surface area contributed by atoms with Gasteiger partial charge >= 0.3 is 5.97 Å². The fraction of sp³-hybridized carbons (Fsp3) is 0.923. The number of rotatable bonds is 5. The van der Waals surface area contributed by atoms with Gasteiger partial charge in [-0.25, -0.2) is 0 Å². The average Bonchev–Trinajstić information content (AvgIpc) is 2.89. The number of hydrogen-bond acceptors (Lipinski definition) is 4. The van der Waals surface area contributed by atoms with Crippen molar-refractivity contribution in [2.24, 2.45) is 5.92 Å². The number of carboxylic acids is 1. The molecule has 0 amide bonds. The lowest BCUT2D eigenvalue weighted by Gasteiger charge is -2.22. The van der Waals surface area contributed by atoms with Crippen molar-refractivity contribution in [3.8, 4) is 0 Å². The molecule has 0 aromatic rings. The normalized spacial score (nSPS) is 28.1. The molecule has 1 heterocycles. The van der Waals surface area contributed by atoms with Gasteiger partial charge in [0, 0.05) is 18.6 Å². The monoisotopic (exact) mass is 274 g/mol. The molecule has 1 aliphatic heterocycles. The second-order valence-electron chi connectivity index (χ2n) is 5.50. The first-order chi connectivity index (χ1) is 8.52. The summed E-state index contributed by atoms with van der Waals surface area (Å²) in [7, 11) is 0. The van der Waals surface area contributed by atoms with E-state index < -0.39 is 5.97 Å². The van der Waals surface area contributed by atoms with Crippen molar-refractivity contribution in [3.63, 3.8) is 0 Å². The van der Waals surface area contributed by atoms with Crippen molar-refractivity contribution in [2.45, 2.75) is 56.7 Å². The van der Waals surface area contributed by atoms with Crippen molar-refractivity contribution in [3.05, 3.63) is 0 Å². The van der Waals surface area contributed by atoms with E-state index in [-0.39, 0.29) is 23.1 Å². The summed E-state index contributed by atoms with van der Waals surface area (Å²) in [5.41, 5.74) is 0. The minimum Gasteiger partial charge on any atom is -0.480 e. The van der Waals surface area contributed by atoms with Crippen molar-refractivity contribution < 1.29 is 19.4 Å². The van der Waals surface area contributed by atoms with E-state index in [9.17, 15) is 4.79 Å². The van der Waals surface area contributed by atoms with Gasteiger partial charge in [0.1, 0.15) is 5.25 Å². The van der Waals surface area contributed by atoms with Gasteiger partial charge in [0.2, 0.25) is 0 Å². The number of ether oxygens (including phenoxy) is 2. The van der Waals surface area contributed by atoms with Crippen molar-refractivity contribution in [1.29, 1.82) is 0 Å². The number of hydrogen-bond donors (Lipinski definition) is 1. The zero-order valence-electron chi connectivity index (χ0n) is 11.1. The molecule has 18 heavy (non-hydrogen) atoms. The molecule has 0 aromatic heterocycles. The van der Waals surface area contributed by atoms with Gasteiger partial charge in [-0.1, -0.05) is 13.8 Å². The molecule has 4 nitrogen and oxygen atoms in total. The van der Waals surface area contributed by atoms with Crippen LogP contribution in [0.5, 0.6) is 0 Å². The Morgan fingerprint density at radius 2 is 2.11 bits per heavy atom. The number of thioether (sulfide) groups is 1. The molecule has 2 unspecified atom stereocenters. The third kappa shape index (κ3) is 3.19. The highest BCUT2D eigenvalue weighted by Crippen LogP contribution is 2.40. The lowest BCUT2D eigenvalue weighted by Crippen LogP contribution is -2.28. The fourth-order valence-electron chi connectivity index (χ4n) is 2.63. The van der Waals surface area contributed by atoms with Crippen molar-refractivity contribution >= 4 is 17.7 Å². The van der Waals surface area contributed by atoms with Crippen LogP contribution in [0.25, 0.3) is 0 Å². The average molecular weight is 274 g/mol. The summed E-state index contributed by atoms with van der Waals surface area (Å²) < 4.78 is 11.8. The maximum absolute atomic E-state index is 11.1. The highest BCUT2D eigenvalue weighted by molar-refractivity contribution is 8.00. The van der Waals surface area contributed by atoms with E-state index >= 15 is 0 Å². The number of aliphatic carboxylic acids is 1. The van der Waals surface area contributed by atoms with Crippen molar-refractivity contribution in [1.82, 2.24) is 0 Å². The molecule has 2 atom stereocenters. The van der Waals surface area contributed by atoms with Gasteiger partial charge in [-0.3, -0.25) is 4.79 Å². The first-order valence-electron chi connectivity index (χ1n) is 6.69. The zero-order chi connectivity index (χ0) is 13.2. The van der Waals surface area contributed by atoms with Crippen LogP contribution in [0.3, 0.4) is 0 Å². The summed E-state index contributed by atoms with van der Waals surface area (Å²) in [4.78, 5) is 11.1. The minimum atomic E-state index is -0.732. The van der Waals surface area contributed by atoms with Crippen LogP contribution in [-0.2, 0) is 14.3 Å². The van der Waals surface area contributed by atoms with E-state index in [2.05, 4.69) is 0 Å². The number of carbonyl (C=O) groups is 1. The summed E-state index contributed by atoms with van der Waals surface area (Å²) in [5, 5.41) is 8.78. The standard InChI is InChI=1S/C13H22O4S/c1-9(2)11(12(14)15)18-8-10-7-16-13(17-10)5-3-4-6-13/h9-11H,3-8H2,1-2H3,(H,14,15). The molecule has 104 valence electrons. The molecule has 1 saturated heterocycles. The topological polar surface area (TPSA) is 55.8 Å². The molecule has 0 bridgehead atoms. The Morgan fingerprint density at radius 3 is 2.67 bits per heavy atom. The van der Waals surface area contributed by atoms with Gasteiger partial charge in [0.25, 0.3) is 0 Å². The predicted octanol–water partition coefficient (Wildman–Crippen LogP) is 2.51. The number of carboxylic acid groups (broad SMARTS) is 1. The van der Waals surface area contributed by atoms with Crippen LogP contribution in [0.1, 0.15) is 39.5 Å². The van der Waals surface area contributed by atoms with E-state index in [4.69, 9.17) is 14.6 Å². The van der Waals surface area contributed by atoms with Crippen LogP contribution < -0.4 is 0 Å². The van der Waals surface area contributed by atoms with Gasteiger partial charge in [-0.05, 0) is 18.8 Å². The molecular formula is C13H22O4S. The highest BCUT2D eigenvalue weighted by atomic mass is 32.2. The lowest BCUT2D eigenvalue weighted by atomic mass is 10.1. The maximum Gasteiger partial charge on any atom is 0.316 e. The smallest absolute Gasteiger partial charge is 0.316 e. The Morgan fingerprint density at radius 1 is 1.44 bits per heavy atom. The van der Waals surface area contributed by atoms with E-state index in [0.717, 1.165) is 12.8 Å². The van der Waals surface area contributed by atoms with Gasteiger partial charge in [0.05, 0.1) is 12.7 Å². The zero-order valence-corrected chi connectivity index (χ0v) is 11.9. The lowest BCUT2D eigenvalue weighted by molar-refractivity contribution is -0.159. The minimum absolute atomic E-state index is 0.0497. The van der Waals surface area contributed by atoms with E-state index in [1.165, 1.54) is 24.6 Å². The molecule has 2 aliphatic rings. The Kier molecular flexibility index (Phi) is 4.56. The second kappa shape index (κ2) is 5.80. The van der Waals surface area contributed by atoms with Gasteiger partial charge in [-0.2, -0.15) is 0 Å². The molecule has 2 fully saturated rings. The molecule has 1 saturated carbocycles. The Balaban J connectivity index is 1.79. The molecule has 1 aliphatic carbocycles. The fourth-order valence-corrected chi connectivity index (χ4v) is 3.75. The summed E-state index contributed by atoms with van der Waals surface area (Å²) in [6.45, 7) is 4.49. The first-order valence-corrected chi connectivity index (χ1v) is 7.73. The van der Waals surface area contributed by atoms with Crippen LogP contribution >= 0.6 is 11.8 Å². The Bertz CT molecular complexity index is 299. The first kappa shape index (κ1) is 14.2. The van der Waals surface area contributed by atoms with E-state index in [1.54, 1.807) is 0 Å². The molecule has 1 spiro atoms. The Hall–Kier alpha value is -0.260. The van der Waals surface area contributed by atoms with Gasteiger partial charge < -0.3 is 14.6 Å². The van der Waals surface area contributed by atoms with E-state index in [0.29, 0.717) is 12.4 Å². The summed E-state index contributed by atoms with van der Waals surface area (Å²) in [6, 6.07) is 0. The molecule has 0 radical (unpaired) electrons. The molecular weight excluding hydrogens is 252 g/mol. The van der Waals surface area contributed by atoms with Crippen LogP contribution in [0.4, 0.5) is 0 Å². The molecule has 2 rings (SSSR count). The van der Waals surface area contributed by atoms with Crippen LogP contribution in [0.15, 0.2) is 0 Å². The maximum atomic E-state index is 11.1. The van der Waals surface area contributed by atoms with Crippen LogP contribution in [-0.4, -0.2) is 40.6 Å². The summed E-state index contributed by atoms with van der Waals surface area (Å²) in [6.07, 6.45) is 4.36. The largest absolute Gasteiger partial charge is 0.480 e. The Labute approximate surface area is 112 Å². The molecule has 1 N–H and O–H groups in total. The van der Waals surface area contributed by atoms with E-state index in [1.807, 2.05) is 13.8 Å². The van der Waals surface area contributed by atoms with Crippen LogP contribution in [0, 0.1) is 5.92 Å². The van der Waals surface area contributed by atoms with Gasteiger partial charge in [-0.15, -0.1) is 11.8 Å².